The molecule has 2 aliphatic heterocycles. The molecule has 7 rings (SSSR count). The number of hydrogen-bond acceptors (Lipinski definition) is 10. The van der Waals surface area contributed by atoms with E-state index in [0.717, 1.165) is 18.4 Å². The lowest BCUT2D eigenvalue weighted by molar-refractivity contribution is -0.0312. The molecule has 50 heavy (non-hydrogen) atoms. The number of aliphatic hydroxyl groups is 2. The Labute approximate surface area is 292 Å². The number of rotatable bonds is 13. The summed E-state index contributed by atoms with van der Waals surface area (Å²) in [6, 6.07) is 17.3. The highest BCUT2D eigenvalue weighted by atomic mass is 32.2. The second kappa shape index (κ2) is 13.2. The minimum atomic E-state index is -3.87. The Morgan fingerprint density at radius 3 is 2.34 bits per heavy atom. The summed E-state index contributed by atoms with van der Waals surface area (Å²) in [7, 11) is -7.56. The molecule has 2 saturated heterocycles. The molecule has 11 nitrogen and oxygen atoms in total. The fourth-order valence-electron chi connectivity index (χ4n) is 7.08. The van der Waals surface area contributed by atoms with E-state index in [1.54, 1.807) is 24.3 Å². The first-order valence-electron chi connectivity index (χ1n) is 17.1. The molecule has 4 fully saturated rings. The highest BCUT2D eigenvalue weighted by Crippen LogP contribution is 2.47. The molecule has 0 aromatic heterocycles. The lowest BCUT2D eigenvalue weighted by Crippen LogP contribution is -2.47. The summed E-state index contributed by atoms with van der Waals surface area (Å²) in [5.74, 6) is -0.184. The predicted molar refractivity (Wildman–Crippen MR) is 184 cm³/mol. The SMILES string of the molecule is NC1(c2ccc(-c3cc(S(=O)(=O)N4CCC5(CC4)C[C@H](NCC(O)COc4cccc(S(=O)(=O)C6(CO)CC6)c4)CO5)ccc3F)cc2)CC1. The van der Waals surface area contributed by atoms with Gasteiger partial charge in [-0.05, 0) is 92.5 Å². The Hall–Kier alpha value is -2.95. The van der Waals surface area contributed by atoms with Crippen LogP contribution < -0.4 is 15.8 Å². The van der Waals surface area contributed by atoms with Gasteiger partial charge in [-0.3, -0.25) is 0 Å². The lowest BCUT2D eigenvalue weighted by Gasteiger charge is -2.38. The van der Waals surface area contributed by atoms with Crippen molar-refractivity contribution in [3.05, 3.63) is 78.1 Å². The third-order valence-corrected chi connectivity index (χ3v) is 15.3. The third-order valence-electron chi connectivity index (χ3n) is 10.8. The van der Waals surface area contributed by atoms with Crippen molar-refractivity contribution in [2.24, 2.45) is 5.73 Å². The predicted octanol–water partition coefficient (Wildman–Crippen LogP) is 3.08. The molecule has 270 valence electrons. The minimum Gasteiger partial charge on any atom is -0.491 e. The Bertz CT molecular complexity index is 1940. The van der Waals surface area contributed by atoms with Crippen LogP contribution in [0.3, 0.4) is 0 Å². The number of piperidine rings is 1. The molecule has 2 atom stereocenters. The number of sulfonamides is 1. The molecule has 1 spiro atoms. The van der Waals surface area contributed by atoms with Crippen LogP contribution in [0.1, 0.15) is 50.5 Å². The van der Waals surface area contributed by atoms with Crippen molar-refractivity contribution in [2.45, 2.75) is 82.8 Å². The van der Waals surface area contributed by atoms with E-state index in [9.17, 15) is 31.4 Å². The number of nitrogens with two attached hydrogens (primary N) is 1. The van der Waals surface area contributed by atoms with E-state index in [0.29, 0.717) is 50.0 Å². The van der Waals surface area contributed by atoms with Gasteiger partial charge in [-0.1, -0.05) is 30.3 Å². The van der Waals surface area contributed by atoms with Crippen LogP contribution in [0.5, 0.6) is 5.75 Å². The van der Waals surface area contributed by atoms with Crippen molar-refractivity contribution >= 4 is 19.9 Å². The molecular weight excluding hydrogens is 686 g/mol. The van der Waals surface area contributed by atoms with Gasteiger partial charge in [-0.25, -0.2) is 21.2 Å². The van der Waals surface area contributed by atoms with Crippen molar-refractivity contribution in [1.82, 2.24) is 9.62 Å². The molecule has 2 saturated carbocycles. The zero-order valence-electron chi connectivity index (χ0n) is 27.8. The summed E-state index contributed by atoms with van der Waals surface area (Å²) in [4.78, 5) is 0.128. The zero-order chi connectivity index (χ0) is 35.4. The summed E-state index contributed by atoms with van der Waals surface area (Å²) < 4.78 is 80.3. The second-order valence-electron chi connectivity index (χ2n) is 14.4. The Balaban J connectivity index is 0.897. The standard InChI is InChI=1S/C36H44FN3O8S2/c37-33-9-8-31(19-32(33)25-4-6-26(7-5-25)36(38)12-13-36)50(45,46)40-16-14-34(15-17-40)20-27(22-48-34)39-21-28(42)23-47-29-2-1-3-30(18-29)49(43,44)35(24-41)10-11-35/h1-9,18-19,27-28,39,41-42H,10-17,20-24,38H2/t27-,28?/m0/s1. The van der Waals surface area contributed by atoms with E-state index in [2.05, 4.69) is 5.32 Å². The van der Waals surface area contributed by atoms with E-state index in [1.165, 1.54) is 34.6 Å². The average Bonchev–Trinajstić information content (AvgIpc) is 4.05. The summed E-state index contributed by atoms with van der Waals surface area (Å²) in [5, 5.41) is 23.5. The van der Waals surface area contributed by atoms with Gasteiger partial charge in [0.15, 0.2) is 9.84 Å². The Kier molecular flexibility index (Phi) is 9.38. The van der Waals surface area contributed by atoms with Crippen molar-refractivity contribution in [1.29, 1.82) is 0 Å². The molecule has 2 aliphatic carbocycles. The number of benzene rings is 3. The number of halogens is 1. The van der Waals surface area contributed by atoms with Gasteiger partial charge in [0.1, 0.15) is 24.3 Å². The van der Waals surface area contributed by atoms with Crippen molar-refractivity contribution in [2.75, 3.05) is 39.5 Å². The quantitative estimate of drug-likeness (QED) is 0.205. The van der Waals surface area contributed by atoms with E-state index >= 15 is 0 Å². The van der Waals surface area contributed by atoms with E-state index in [-0.39, 0.29) is 53.2 Å². The van der Waals surface area contributed by atoms with Crippen LogP contribution >= 0.6 is 0 Å². The highest BCUT2D eigenvalue weighted by molar-refractivity contribution is 7.93. The van der Waals surface area contributed by atoms with Crippen LogP contribution in [0.4, 0.5) is 4.39 Å². The summed E-state index contributed by atoms with van der Waals surface area (Å²) >= 11 is 0. The van der Waals surface area contributed by atoms with Gasteiger partial charge in [0.2, 0.25) is 10.0 Å². The van der Waals surface area contributed by atoms with E-state index in [1.807, 2.05) is 12.1 Å². The van der Waals surface area contributed by atoms with Crippen LogP contribution in [0.15, 0.2) is 76.5 Å². The van der Waals surface area contributed by atoms with E-state index < -0.39 is 48.7 Å². The molecule has 2 heterocycles. The van der Waals surface area contributed by atoms with Gasteiger partial charge in [0, 0.05) is 36.8 Å². The maximum atomic E-state index is 14.9. The number of nitrogens with zero attached hydrogens (tertiary/aromatic N) is 1. The van der Waals surface area contributed by atoms with Gasteiger partial charge in [0.25, 0.3) is 0 Å². The van der Waals surface area contributed by atoms with Gasteiger partial charge in [-0.15, -0.1) is 0 Å². The van der Waals surface area contributed by atoms with Crippen molar-refractivity contribution < 1.29 is 40.9 Å². The molecular formula is C36H44FN3O8S2. The monoisotopic (exact) mass is 729 g/mol. The fourth-order valence-corrected chi connectivity index (χ4v) is 10.4. The summed E-state index contributed by atoms with van der Waals surface area (Å²) in [5.41, 5.74) is 7.29. The molecule has 0 radical (unpaired) electrons. The molecule has 3 aromatic carbocycles. The Morgan fingerprint density at radius 2 is 1.68 bits per heavy atom. The number of aliphatic hydroxyl groups excluding tert-OH is 2. The first-order chi connectivity index (χ1) is 23.8. The van der Waals surface area contributed by atoms with E-state index in [4.69, 9.17) is 15.2 Å². The lowest BCUT2D eigenvalue weighted by atomic mass is 9.88. The number of hydrogen-bond donors (Lipinski definition) is 4. The Morgan fingerprint density at radius 1 is 0.960 bits per heavy atom. The zero-order valence-corrected chi connectivity index (χ0v) is 29.4. The number of nitrogens with one attached hydrogen (secondary N) is 1. The minimum absolute atomic E-state index is 0.0415. The molecule has 1 unspecified atom stereocenters. The van der Waals surface area contributed by atoms with Gasteiger partial charge in [0.05, 0.1) is 33.4 Å². The maximum absolute atomic E-state index is 14.9. The third kappa shape index (κ3) is 6.84. The number of ether oxygens (including phenoxy) is 2. The second-order valence-corrected chi connectivity index (χ2v) is 18.6. The summed E-state index contributed by atoms with van der Waals surface area (Å²) in [6.07, 6.45) is 3.46. The molecule has 14 heteroatoms. The molecule has 3 aromatic rings. The largest absolute Gasteiger partial charge is 0.491 e. The number of sulfone groups is 1. The fraction of sp³-hybridized carbons (Fsp3) is 0.500. The molecule has 0 bridgehead atoms. The van der Waals surface area contributed by atoms with Gasteiger partial charge in [-0.2, -0.15) is 4.31 Å². The smallest absolute Gasteiger partial charge is 0.243 e. The molecule has 4 aliphatic rings. The highest BCUT2D eigenvalue weighted by Gasteiger charge is 2.54. The van der Waals surface area contributed by atoms with Crippen molar-refractivity contribution in [3.63, 3.8) is 0 Å². The molecule has 0 amide bonds. The molecule has 5 N–H and O–H groups in total. The van der Waals surface area contributed by atoms with Crippen LogP contribution in [0.2, 0.25) is 0 Å². The van der Waals surface area contributed by atoms with Crippen LogP contribution in [0.25, 0.3) is 11.1 Å². The first kappa shape index (κ1) is 35.5. The van der Waals surface area contributed by atoms with Crippen LogP contribution in [-0.2, 0) is 30.1 Å². The maximum Gasteiger partial charge on any atom is 0.243 e. The summed E-state index contributed by atoms with van der Waals surface area (Å²) in [6.45, 7) is 0.687. The van der Waals surface area contributed by atoms with Gasteiger partial charge < -0.3 is 30.7 Å². The topological polar surface area (TPSA) is 168 Å². The van der Waals surface area contributed by atoms with Gasteiger partial charge >= 0.3 is 0 Å². The van der Waals surface area contributed by atoms with Crippen LogP contribution in [-0.4, -0.2) is 93.3 Å². The normalized spacial score (nSPS) is 23.1. The van der Waals surface area contributed by atoms with Crippen LogP contribution in [0, 0.1) is 5.82 Å². The van der Waals surface area contributed by atoms with Crippen molar-refractivity contribution in [3.8, 4) is 16.9 Å². The first-order valence-corrected chi connectivity index (χ1v) is 20.0. The average molecular weight is 730 g/mol.